The van der Waals surface area contributed by atoms with Crippen molar-refractivity contribution in [1.82, 2.24) is 19.8 Å². The maximum absolute atomic E-state index is 12.3. The van der Waals surface area contributed by atoms with Gasteiger partial charge in [-0.3, -0.25) is 10.00 Å². The van der Waals surface area contributed by atoms with Crippen molar-refractivity contribution in [1.29, 1.82) is 0 Å². The van der Waals surface area contributed by atoms with Gasteiger partial charge in [-0.25, -0.2) is 13.1 Å². The standard InChI is InChI=1S/C12H22N4O3S/c1-3-16-6-4-5-10(16)7-13-20(18,19)12-9(2)14-15-11(12)8-17/h10,13,17H,3-8H2,1-2H3,(H,14,15). The second-order valence-electron chi connectivity index (χ2n) is 5.06. The smallest absolute Gasteiger partial charge is 0.244 e. The van der Waals surface area contributed by atoms with Crippen molar-refractivity contribution in [3.8, 4) is 0 Å². The first-order valence-electron chi connectivity index (χ1n) is 6.88. The fourth-order valence-electron chi connectivity index (χ4n) is 2.75. The molecule has 1 aliphatic heterocycles. The Morgan fingerprint density at radius 3 is 2.95 bits per heavy atom. The minimum absolute atomic E-state index is 0.0704. The number of aromatic amines is 1. The topological polar surface area (TPSA) is 98.3 Å². The lowest BCUT2D eigenvalue weighted by Gasteiger charge is -2.22. The van der Waals surface area contributed by atoms with Crippen molar-refractivity contribution in [2.45, 2.75) is 44.2 Å². The summed E-state index contributed by atoms with van der Waals surface area (Å²) in [6.45, 7) is 5.66. The summed E-state index contributed by atoms with van der Waals surface area (Å²) in [7, 11) is -3.64. The van der Waals surface area contributed by atoms with E-state index in [1.807, 2.05) is 0 Å². The van der Waals surface area contributed by atoms with Crippen molar-refractivity contribution in [2.24, 2.45) is 0 Å². The summed E-state index contributed by atoms with van der Waals surface area (Å²) >= 11 is 0. The molecule has 0 saturated carbocycles. The van der Waals surface area contributed by atoms with Crippen molar-refractivity contribution in [2.75, 3.05) is 19.6 Å². The van der Waals surface area contributed by atoms with E-state index >= 15 is 0 Å². The van der Waals surface area contributed by atoms with Gasteiger partial charge in [-0.05, 0) is 32.9 Å². The molecule has 114 valence electrons. The number of aliphatic hydroxyl groups excluding tert-OH is 1. The van der Waals surface area contributed by atoms with Crippen molar-refractivity contribution < 1.29 is 13.5 Å². The summed E-state index contributed by atoms with van der Waals surface area (Å²) in [4.78, 5) is 2.35. The van der Waals surface area contributed by atoms with Crippen LogP contribution in [0.5, 0.6) is 0 Å². The molecule has 0 aromatic carbocycles. The average molecular weight is 302 g/mol. The van der Waals surface area contributed by atoms with E-state index in [0.717, 1.165) is 25.9 Å². The van der Waals surface area contributed by atoms with Gasteiger partial charge >= 0.3 is 0 Å². The summed E-state index contributed by atoms with van der Waals surface area (Å²) in [6.07, 6.45) is 2.11. The highest BCUT2D eigenvalue weighted by molar-refractivity contribution is 7.89. The third-order valence-corrected chi connectivity index (χ3v) is 5.42. The molecule has 2 rings (SSSR count). The lowest BCUT2D eigenvalue weighted by Crippen LogP contribution is -2.40. The molecular formula is C12H22N4O3S. The van der Waals surface area contributed by atoms with Crippen LogP contribution in [0.3, 0.4) is 0 Å². The van der Waals surface area contributed by atoms with Crippen LogP contribution in [0.4, 0.5) is 0 Å². The second-order valence-corrected chi connectivity index (χ2v) is 6.76. The summed E-state index contributed by atoms with van der Waals surface area (Å²) in [5.74, 6) is 0. The minimum atomic E-state index is -3.64. The number of aromatic nitrogens is 2. The number of likely N-dealkylation sites (N-methyl/N-ethyl adjacent to an activating group) is 1. The normalized spacial score (nSPS) is 20.6. The summed E-state index contributed by atoms with van der Waals surface area (Å²) in [5.41, 5.74) is 0.606. The molecule has 3 N–H and O–H groups in total. The number of rotatable bonds is 6. The molecule has 0 spiro atoms. The van der Waals surface area contributed by atoms with Gasteiger partial charge in [0.15, 0.2) is 0 Å². The molecule has 20 heavy (non-hydrogen) atoms. The second kappa shape index (κ2) is 6.21. The lowest BCUT2D eigenvalue weighted by molar-refractivity contribution is 0.267. The molecule has 0 aliphatic carbocycles. The molecule has 1 aromatic heterocycles. The largest absolute Gasteiger partial charge is 0.390 e. The first kappa shape index (κ1) is 15.4. The van der Waals surface area contributed by atoms with Gasteiger partial charge in [0.25, 0.3) is 0 Å². The van der Waals surface area contributed by atoms with Crippen LogP contribution in [-0.2, 0) is 16.6 Å². The number of sulfonamides is 1. The van der Waals surface area contributed by atoms with Gasteiger partial charge in [0.05, 0.1) is 12.3 Å². The average Bonchev–Trinajstić information content (AvgIpc) is 3.02. The van der Waals surface area contributed by atoms with E-state index in [1.54, 1.807) is 6.92 Å². The van der Waals surface area contributed by atoms with Crippen molar-refractivity contribution in [3.05, 3.63) is 11.4 Å². The molecule has 1 saturated heterocycles. The highest BCUT2D eigenvalue weighted by Crippen LogP contribution is 2.19. The van der Waals surface area contributed by atoms with Gasteiger partial charge in [0, 0.05) is 12.6 Å². The molecule has 1 aromatic rings. The summed E-state index contributed by atoms with van der Waals surface area (Å²) in [5, 5.41) is 15.6. The molecule has 0 bridgehead atoms. The maximum Gasteiger partial charge on any atom is 0.244 e. The molecule has 1 fully saturated rings. The van der Waals surface area contributed by atoms with E-state index in [4.69, 9.17) is 0 Å². The van der Waals surface area contributed by atoms with E-state index < -0.39 is 16.6 Å². The number of nitrogens with zero attached hydrogens (tertiary/aromatic N) is 2. The number of nitrogens with one attached hydrogen (secondary N) is 2. The fourth-order valence-corrected chi connectivity index (χ4v) is 4.18. The number of aliphatic hydroxyl groups is 1. The van der Waals surface area contributed by atoms with E-state index in [-0.39, 0.29) is 16.6 Å². The molecule has 0 radical (unpaired) electrons. The van der Waals surface area contributed by atoms with Gasteiger partial charge in [-0.1, -0.05) is 6.92 Å². The van der Waals surface area contributed by atoms with Crippen LogP contribution in [0.1, 0.15) is 31.2 Å². The predicted molar refractivity (Wildman–Crippen MR) is 74.7 cm³/mol. The molecular weight excluding hydrogens is 280 g/mol. The number of hydrogen-bond acceptors (Lipinski definition) is 5. The Bertz CT molecular complexity index is 555. The molecule has 0 amide bonds. The van der Waals surface area contributed by atoms with Gasteiger partial charge in [0.1, 0.15) is 10.6 Å². The number of aryl methyl sites for hydroxylation is 1. The zero-order chi connectivity index (χ0) is 14.8. The lowest BCUT2D eigenvalue weighted by atomic mass is 10.2. The highest BCUT2D eigenvalue weighted by Gasteiger charge is 2.28. The molecule has 7 nitrogen and oxygen atoms in total. The van der Waals surface area contributed by atoms with Crippen LogP contribution < -0.4 is 4.72 Å². The summed E-state index contributed by atoms with van der Waals surface area (Å²) < 4.78 is 27.3. The zero-order valence-corrected chi connectivity index (χ0v) is 12.7. The molecule has 1 atom stereocenters. The Morgan fingerprint density at radius 2 is 2.30 bits per heavy atom. The van der Waals surface area contributed by atoms with Crippen LogP contribution in [0.2, 0.25) is 0 Å². The van der Waals surface area contributed by atoms with Crippen LogP contribution in [0.25, 0.3) is 0 Å². The molecule has 1 unspecified atom stereocenters. The van der Waals surface area contributed by atoms with Crippen LogP contribution in [0.15, 0.2) is 4.90 Å². The highest BCUT2D eigenvalue weighted by atomic mass is 32.2. The Balaban J connectivity index is 2.09. The van der Waals surface area contributed by atoms with E-state index in [2.05, 4.69) is 26.7 Å². The Morgan fingerprint density at radius 1 is 1.55 bits per heavy atom. The Hall–Kier alpha value is -0.960. The Labute approximate surface area is 119 Å². The van der Waals surface area contributed by atoms with E-state index in [1.165, 1.54) is 0 Å². The van der Waals surface area contributed by atoms with Crippen LogP contribution in [-0.4, -0.2) is 54.3 Å². The van der Waals surface area contributed by atoms with Crippen LogP contribution in [0, 0.1) is 6.92 Å². The number of H-pyrrole nitrogens is 1. The quantitative estimate of drug-likeness (QED) is 0.685. The van der Waals surface area contributed by atoms with Gasteiger partial charge in [0.2, 0.25) is 10.0 Å². The van der Waals surface area contributed by atoms with Crippen molar-refractivity contribution in [3.63, 3.8) is 0 Å². The summed E-state index contributed by atoms with van der Waals surface area (Å²) in [6, 6.07) is 0.250. The van der Waals surface area contributed by atoms with E-state index in [0.29, 0.717) is 12.2 Å². The first-order valence-corrected chi connectivity index (χ1v) is 8.36. The van der Waals surface area contributed by atoms with Crippen molar-refractivity contribution >= 4 is 10.0 Å². The predicted octanol–water partition coefficient (Wildman–Crippen LogP) is -0.0270. The zero-order valence-electron chi connectivity index (χ0n) is 11.9. The SMILES string of the molecule is CCN1CCCC1CNS(=O)(=O)c1c(CO)n[nH]c1C. The molecule has 1 aliphatic rings. The fraction of sp³-hybridized carbons (Fsp3) is 0.750. The minimum Gasteiger partial charge on any atom is -0.390 e. The first-order chi connectivity index (χ1) is 9.49. The van der Waals surface area contributed by atoms with Gasteiger partial charge < -0.3 is 5.11 Å². The van der Waals surface area contributed by atoms with Crippen LogP contribution >= 0.6 is 0 Å². The Kier molecular flexibility index (Phi) is 4.79. The van der Waals surface area contributed by atoms with Gasteiger partial charge in [-0.2, -0.15) is 5.10 Å². The van der Waals surface area contributed by atoms with Gasteiger partial charge in [-0.15, -0.1) is 0 Å². The van der Waals surface area contributed by atoms with E-state index in [9.17, 15) is 13.5 Å². The molecule has 2 heterocycles. The molecule has 8 heteroatoms. The maximum atomic E-state index is 12.3. The number of likely N-dealkylation sites (tertiary alicyclic amines) is 1. The monoisotopic (exact) mass is 302 g/mol. The number of hydrogen-bond donors (Lipinski definition) is 3. The third-order valence-electron chi connectivity index (χ3n) is 3.79. The third kappa shape index (κ3) is 3.03.